The summed E-state index contributed by atoms with van der Waals surface area (Å²) in [5.41, 5.74) is -0.773. The largest absolute Gasteiger partial charge is 0.416 e. The minimum atomic E-state index is -4.45. The highest BCUT2D eigenvalue weighted by Gasteiger charge is 2.31. The first-order valence-corrected chi connectivity index (χ1v) is 5.05. The average molecular weight is 281 g/mol. The molecule has 1 aromatic carbocycles. The number of benzene rings is 1. The fraction of sp³-hybridized carbons (Fsp3) is 0.125. The van der Waals surface area contributed by atoms with Crippen molar-refractivity contribution in [3.05, 3.63) is 33.6 Å². The Bertz CT molecular complexity index is 603. The number of alkyl halides is 3. The third kappa shape index (κ3) is 2.32. The molecule has 9 heteroatoms. The van der Waals surface area contributed by atoms with E-state index in [9.17, 15) is 13.2 Å². The fourth-order valence-corrected chi connectivity index (χ4v) is 1.60. The van der Waals surface area contributed by atoms with Gasteiger partial charge in [0.2, 0.25) is 4.77 Å². The summed E-state index contributed by atoms with van der Waals surface area (Å²) in [6.07, 6.45) is -4.45. The number of nitrogens with zero attached hydrogens (tertiary/aromatic N) is 3. The molecule has 0 saturated carbocycles. The van der Waals surface area contributed by atoms with Gasteiger partial charge in [0.1, 0.15) is 0 Å². The molecule has 1 aromatic heterocycles. The molecule has 4 nitrogen and oxygen atoms in total. The van der Waals surface area contributed by atoms with Gasteiger partial charge in [-0.15, -0.1) is 0 Å². The van der Waals surface area contributed by atoms with Gasteiger partial charge in [0, 0.05) is 0 Å². The van der Waals surface area contributed by atoms with Crippen molar-refractivity contribution in [3.8, 4) is 5.69 Å². The van der Waals surface area contributed by atoms with Crippen LogP contribution in [0, 0.1) is 4.77 Å². The van der Waals surface area contributed by atoms with E-state index in [-0.39, 0.29) is 15.5 Å². The Hall–Kier alpha value is -1.41. The van der Waals surface area contributed by atoms with E-state index in [1.807, 2.05) is 0 Å². The average Bonchev–Trinajstić information content (AvgIpc) is 2.63. The fourth-order valence-electron chi connectivity index (χ4n) is 1.21. The maximum atomic E-state index is 12.5. The van der Waals surface area contributed by atoms with Gasteiger partial charge in [-0.3, -0.25) is 0 Å². The maximum absolute atomic E-state index is 12.5. The molecular formula is C8H4ClF3N4S. The van der Waals surface area contributed by atoms with Crippen LogP contribution in [0.2, 0.25) is 5.02 Å². The van der Waals surface area contributed by atoms with Gasteiger partial charge in [0.05, 0.1) is 16.3 Å². The van der Waals surface area contributed by atoms with Crippen LogP contribution >= 0.6 is 23.8 Å². The lowest BCUT2D eigenvalue weighted by Gasteiger charge is -2.10. The summed E-state index contributed by atoms with van der Waals surface area (Å²) < 4.78 is 38.6. The molecule has 0 saturated heterocycles. The third-order valence-corrected chi connectivity index (χ3v) is 2.57. The number of hydrogen-bond acceptors (Lipinski definition) is 3. The molecule has 0 radical (unpaired) electrons. The zero-order chi connectivity index (χ0) is 12.6. The van der Waals surface area contributed by atoms with Gasteiger partial charge < -0.3 is 0 Å². The molecule has 2 aromatic rings. The van der Waals surface area contributed by atoms with Gasteiger partial charge in [0.25, 0.3) is 0 Å². The number of rotatable bonds is 1. The van der Waals surface area contributed by atoms with Crippen LogP contribution in [-0.4, -0.2) is 20.2 Å². The predicted molar refractivity (Wildman–Crippen MR) is 56.6 cm³/mol. The van der Waals surface area contributed by atoms with Crippen LogP contribution in [0.4, 0.5) is 13.2 Å². The summed E-state index contributed by atoms with van der Waals surface area (Å²) in [7, 11) is 0. The van der Waals surface area contributed by atoms with Crippen molar-refractivity contribution >= 4 is 23.8 Å². The minimum Gasteiger partial charge on any atom is -0.208 e. The second-order valence-corrected chi connectivity index (χ2v) is 3.85. The first-order chi connectivity index (χ1) is 7.89. The molecule has 90 valence electrons. The molecule has 1 heterocycles. The summed E-state index contributed by atoms with van der Waals surface area (Å²) >= 11 is 10.6. The van der Waals surface area contributed by atoms with E-state index in [1.54, 1.807) is 0 Å². The van der Waals surface area contributed by atoms with Gasteiger partial charge in [-0.1, -0.05) is 21.9 Å². The second-order valence-electron chi connectivity index (χ2n) is 3.08. The van der Waals surface area contributed by atoms with Gasteiger partial charge in [-0.05, 0) is 30.4 Å². The molecule has 0 unspecified atom stereocenters. The number of H-pyrrole nitrogens is 1. The van der Waals surface area contributed by atoms with Gasteiger partial charge in [0.15, 0.2) is 0 Å². The van der Waals surface area contributed by atoms with Crippen molar-refractivity contribution < 1.29 is 13.2 Å². The number of nitrogens with one attached hydrogen (secondary N) is 1. The molecule has 0 aliphatic heterocycles. The lowest BCUT2D eigenvalue weighted by Crippen LogP contribution is -2.07. The quantitative estimate of drug-likeness (QED) is 0.817. The van der Waals surface area contributed by atoms with Crippen LogP contribution in [0.5, 0.6) is 0 Å². The number of aromatic amines is 1. The molecule has 0 bridgehead atoms. The zero-order valence-electron chi connectivity index (χ0n) is 7.99. The van der Waals surface area contributed by atoms with Crippen molar-refractivity contribution in [2.75, 3.05) is 0 Å². The first kappa shape index (κ1) is 12.1. The van der Waals surface area contributed by atoms with Crippen molar-refractivity contribution in [2.45, 2.75) is 6.18 Å². The monoisotopic (exact) mass is 280 g/mol. The van der Waals surface area contributed by atoms with Gasteiger partial charge >= 0.3 is 6.18 Å². The standard InChI is InChI=1S/C8H4ClF3N4S/c9-5-2-1-4(8(10,11)12)3-6(5)16-7(17)13-14-15-16/h1-3H,(H,13,15,17). The summed E-state index contributed by atoms with van der Waals surface area (Å²) in [6.45, 7) is 0. The summed E-state index contributed by atoms with van der Waals surface area (Å²) in [5, 5.41) is 9.29. The summed E-state index contributed by atoms with van der Waals surface area (Å²) in [4.78, 5) is 0. The highest BCUT2D eigenvalue weighted by atomic mass is 35.5. The molecule has 0 fully saturated rings. The number of hydrogen-bond donors (Lipinski definition) is 1. The Labute approximate surface area is 103 Å². The second kappa shape index (κ2) is 4.11. The van der Waals surface area contributed by atoms with Gasteiger partial charge in [-0.25, -0.2) is 4.68 Å². The van der Waals surface area contributed by atoms with E-state index >= 15 is 0 Å². The van der Waals surface area contributed by atoms with Crippen LogP contribution in [0.3, 0.4) is 0 Å². The molecule has 17 heavy (non-hydrogen) atoms. The molecule has 0 aliphatic carbocycles. The van der Waals surface area contributed by atoms with Gasteiger partial charge in [-0.2, -0.15) is 18.4 Å². The smallest absolute Gasteiger partial charge is 0.208 e. The summed E-state index contributed by atoms with van der Waals surface area (Å²) in [6, 6.07) is 2.90. The zero-order valence-corrected chi connectivity index (χ0v) is 9.57. The maximum Gasteiger partial charge on any atom is 0.416 e. The molecule has 0 spiro atoms. The van der Waals surface area contributed by atoms with Crippen LogP contribution < -0.4 is 0 Å². The lowest BCUT2D eigenvalue weighted by atomic mass is 10.2. The molecule has 0 aliphatic rings. The number of tetrazole rings is 1. The van der Waals surface area contributed by atoms with E-state index in [2.05, 4.69) is 15.5 Å². The van der Waals surface area contributed by atoms with Crippen molar-refractivity contribution in [2.24, 2.45) is 0 Å². The topological polar surface area (TPSA) is 46.5 Å². The Morgan fingerprint density at radius 1 is 1.35 bits per heavy atom. The van der Waals surface area contributed by atoms with E-state index in [1.165, 1.54) is 0 Å². The van der Waals surface area contributed by atoms with E-state index in [0.717, 1.165) is 22.9 Å². The highest BCUT2D eigenvalue weighted by molar-refractivity contribution is 7.71. The Kier molecular flexibility index (Phi) is 2.92. The third-order valence-electron chi connectivity index (χ3n) is 1.99. The molecular weight excluding hydrogens is 277 g/mol. The molecule has 0 atom stereocenters. The molecule has 1 N–H and O–H groups in total. The van der Waals surface area contributed by atoms with Crippen LogP contribution in [0.1, 0.15) is 5.56 Å². The van der Waals surface area contributed by atoms with E-state index in [4.69, 9.17) is 23.8 Å². The van der Waals surface area contributed by atoms with Crippen molar-refractivity contribution in [1.82, 2.24) is 20.2 Å². The van der Waals surface area contributed by atoms with E-state index in [0.29, 0.717) is 0 Å². The predicted octanol–water partition coefficient (Wildman–Crippen LogP) is 3.00. The number of aromatic nitrogens is 4. The Morgan fingerprint density at radius 2 is 2.06 bits per heavy atom. The van der Waals surface area contributed by atoms with E-state index < -0.39 is 11.7 Å². The SMILES string of the molecule is FC(F)(F)c1ccc(Cl)c(-n2[nH]nnc2=S)c1. The van der Waals surface area contributed by atoms with Crippen molar-refractivity contribution in [3.63, 3.8) is 0 Å². The first-order valence-electron chi connectivity index (χ1n) is 4.27. The Balaban J connectivity index is 2.63. The highest BCUT2D eigenvalue weighted by Crippen LogP contribution is 2.32. The van der Waals surface area contributed by atoms with Crippen LogP contribution in [0.15, 0.2) is 18.2 Å². The van der Waals surface area contributed by atoms with Crippen LogP contribution in [0.25, 0.3) is 5.69 Å². The Morgan fingerprint density at radius 3 is 2.59 bits per heavy atom. The van der Waals surface area contributed by atoms with Crippen molar-refractivity contribution in [1.29, 1.82) is 0 Å². The van der Waals surface area contributed by atoms with Crippen LogP contribution in [-0.2, 0) is 6.18 Å². The normalized spacial score (nSPS) is 11.8. The molecule has 0 amide bonds. The lowest BCUT2D eigenvalue weighted by molar-refractivity contribution is -0.137. The summed E-state index contributed by atoms with van der Waals surface area (Å²) in [5.74, 6) is 0. The minimum absolute atomic E-state index is 0.00813. The number of halogens is 4. The molecule has 2 rings (SSSR count).